The molecule has 2 rings (SSSR count). The van der Waals surface area contributed by atoms with Crippen molar-refractivity contribution < 1.29 is 13.2 Å². The lowest BCUT2D eigenvalue weighted by Crippen LogP contribution is -2.24. The molecular weight excluding hydrogens is 250 g/mol. The van der Waals surface area contributed by atoms with Crippen molar-refractivity contribution >= 4 is 27.3 Å². The third-order valence-corrected chi connectivity index (χ3v) is 4.69. The second-order valence-corrected chi connectivity index (χ2v) is 5.98. The van der Waals surface area contributed by atoms with E-state index in [1.165, 1.54) is 11.4 Å². The Hall–Kier alpha value is -0.940. The highest BCUT2D eigenvalue weighted by atomic mass is 35.5. The van der Waals surface area contributed by atoms with E-state index in [1.807, 2.05) is 0 Å². The van der Waals surface area contributed by atoms with E-state index in [-0.39, 0.29) is 5.75 Å². The van der Waals surface area contributed by atoms with Gasteiger partial charge in [-0.15, -0.1) is 0 Å². The minimum atomic E-state index is -3.14. The van der Waals surface area contributed by atoms with Gasteiger partial charge in [0.25, 0.3) is 0 Å². The summed E-state index contributed by atoms with van der Waals surface area (Å²) in [6.45, 7) is 0.519. The van der Waals surface area contributed by atoms with E-state index >= 15 is 0 Å². The number of hydrogen-bond acceptors (Lipinski definition) is 3. The molecule has 0 aromatic heterocycles. The quantitative estimate of drug-likeness (QED) is 0.817. The topological polar surface area (TPSA) is 46.6 Å². The highest BCUT2D eigenvalue weighted by molar-refractivity contribution is 7.93. The molecule has 0 saturated carbocycles. The third kappa shape index (κ3) is 1.97. The first kappa shape index (κ1) is 11.5. The molecular formula is C10H12ClNO3S. The number of nitrogens with zero attached hydrogens (tertiary/aromatic N) is 1. The highest BCUT2D eigenvalue weighted by Crippen LogP contribution is 2.31. The highest BCUT2D eigenvalue weighted by Gasteiger charge is 2.28. The van der Waals surface area contributed by atoms with Gasteiger partial charge in [0.2, 0.25) is 10.0 Å². The van der Waals surface area contributed by atoms with E-state index in [2.05, 4.69) is 0 Å². The van der Waals surface area contributed by atoms with Gasteiger partial charge in [-0.3, -0.25) is 4.31 Å². The van der Waals surface area contributed by atoms with Crippen LogP contribution in [-0.4, -0.2) is 27.8 Å². The van der Waals surface area contributed by atoms with Gasteiger partial charge < -0.3 is 4.74 Å². The predicted octanol–water partition coefficient (Wildman–Crippen LogP) is 1.89. The van der Waals surface area contributed by atoms with Gasteiger partial charge in [0.05, 0.1) is 23.6 Å². The van der Waals surface area contributed by atoms with Crippen molar-refractivity contribution in [2.75, 3.05) is 23.7 Å². The zero-order valence-corrected chi connectivity index (χ0v) is 10.4. The van der Waals surface area contributed by atoms with Crippen molar-refractivity contribution in [3.8, 4) is 5.75 Å². The molecule has 0 bridgehead atoms. The van der Waals surface area contributed by atoms with Crippen LogP contribution in [0.4, 0.5) is 5.69 Å². The summed E-state index contributed by atoms with van der Waals surface area (Å²) in [6, 6.07) is 4.99. The molecule has 0 N–H and O–H groups in total. The van der Waals surface area contributed by atoms with E-state index < -0.39 is 10.0 Å². The molecule has 16 heavy (non-hydrogen) atoms. The third-order valence-electron chi connectivity index (χ3n) is 2.52. The molecule has 1 aromatic rings. The maximum Gasteiger partial charge on any atom is 0.235 e. The Balaban J connectivity index is 2.39. The molecule has 6 heteroatoms. The molecule has 1 heterocycles. The van der Waals surface area contributed by atoms with Gasteiger partial charge in [-0.2, -0.15) is 0 Å². The van der Waals surface area contributed by atoms with E-state index in [0.29, 0.717) is 29.4 Å². The van der Waals surface area contributed by atoms with Crippen molar-refractivity contribution in [2.24, 2.45) is 0 Å². The summed E-state index contributed by atoms with van der Waals surface area (Å²) in [7, 11) is -1.62. The summed E-state index contributed by atoms with van der Waals surface area (Å²) in [4.78, 5) is 0. The molecule has 0 spiro atoms. The molecule has 1 saturated heterocycles. The maximum atomic E-state index is 11.7. The molecule has 1 aliphatic rings. The molecule has 0 unspecified atom stereocenters. The molecule has 1 aromatic carbocycles. The summed E-state index contributed by atoms with van der Waals surface area (Å²) in [5.41, 5.74) is 0.600. The SMILES string of the molecule is COc1ccc(N2CCCS2(=O)=O)cc1Cl. The first-order valence-electron chi connectivity index (χ1n) is 4.88. The van der Waals surface area contributed by atoms with Crippen LogP contribution >= 0.6 is 11.6 Å². The van der Waals surface area contributed by atoms with Gasteiger partial charge in [-0.1, -0.05) is 11.6 Å². The molecule has 0 aliphatic carbocycles. The second-order valence-electron chi connectivity index (χ2n) is 3.56. The Morgan fingerprint density at radius 1 is 1.44 bits per heavy atom. The molecule has 88 valence electrons. The fraction of sp³-hybridized carbons (Fsp3) is 0.400. The summed E-state index contributed by atoms with van der Waals surface area (Å²) in [6.07, 6.45) is 0.659. The zero-order valence-electron chi connectivity index (χ0n) is 8.81. The van der Waals surface area contributed by atoms with Crippen molar-refractivity contribution in [3.05, 3.63) is 23.2 Å². The Morgan fingerprint density at radius 3 is 2.69 bits per heavy atom. The molecule has 1 aliphatic heterocycles. The molecule has 0 radical (unpaired) electrons. The smallest absolute Gasteiger partial charge is 0.235 e. The Kier molecular flexibility index (Phi) is 2.99. The fourth-order valence-electron chi connectivity index (χ4n) is 1.74. The van der Waals surface area contributed by atoms with Crippen LogP contribution in [0.2, 0.25) is 5.02 Å². The zero-order chi connectivity index (χ0) is 11.8. The van der Waals surface area contributed by atoms with Crippen LogP contribution in [-0.2, 0) is 10.0 Å². The first-order valence-corrected chi connectivity index (χ1v) is 6.87. The van der Waals surface area contributed by atoms with Gasteiger partial charge in [0.15, 0.2) is 0 Å². The van der Waals surface area contributed by atoms with Crippen molar-refractivity contribution in [1.29, 1.82) is 0 Å². The number of methoxy groups -OCH3 is 1. The number of rotatable bonds is 2. The lowest BCUT2D eigenvalue weighted by atomic mass is 10.3. The molecule has 4 nitrogen and oxygen atoms in total. The van der Waals surface area contributed by atoms with Gasteiger partial charge in [-0.05, 0) is 24.6 Å². The summed E-state index contributed by atoms with van der Waals surface area (Å²) in [5, 5.41) is 0.419. The number of benzene rings is 1. The van der Waals surface area contributed by atoms with E-state index in [4.69, 9.17) is 16.3 Å². The van der Waals surface area contributed by atoms with Crippen molar-refractivity contribution in [3.63, 3.8) is 0 Å². The number of anilines is 1. The minimum absolute atomic E-state index is 0.205. The van der Waals surface area contributed by atoms with Gasteiger partial charge >= 0.3 is 0 Å². The van der Waals surface area contributed by atoms with Gasteiger partial charge in [-0.25, -0.2) is 8.42 Å². The Labute approximate surface area is 99.8 Å². The lowest BCUT2D eigenvalue weighted by Gasteiger charge is -2.17. The van der Waals surface area contributed by atoms with Gasteiger partial charge in [0, 0.05) is 6.54 Å². The standard InChI is InChI=1S/C10H12ClNO3S/c1-15-10-4-3-8(7-9(10)11)12-5-2-6-16(12,13)14/h3-4,7H,2,5-6H2,1H3. The number of ether oxygens (including phenoxy) is 1. The van der Waals surface area contributed by atoms with E-state index in [9.17, 15) is 8.42 Å². The van der Waals surface area contributed by atoms with Crippen molar-refractivity contribution in [1.82, 2.24) is 0 Å². The monoisotopic (exact) mass is 261 g/mol. The summed E-state index contributed by atoms with van der Waals surface area (Å²) < 4.78 is 29.8. The first-order chi connectivity index (χ1) is 7.54. The van der Waals surface area contributed by atoms with Gasteiger partial charge in [0.1, 0.15) is 5.75 Å². The largest absolute Gasteiger partial charge is 0.495 e. The van der Waals surface area contributed by atoms with E-state index in [1.54, 1.807) is 18.2 Å². The van der Waals surface area contributed by atoms with Crippen LogP contribution in [0.5, 0.6) is 5.75 Å². The molecule has 1 fully saturated rings. The van der Waals surface area contributed by atoms with Crippen LogP contribution in [0.1, 0.15) is 6.42 Å². The normalized spacial score (nSPS) is 18.8. The van der Waals surface area contributed by atoms with Crippen LogP contribution < -0.4 is 9.04 Å². The summed E-state index contributed by atoms with van der Waals surface area (Å²) in [5.74, 6) is 0.749. The summed E-state index contributed by atoms with van der Waals surface area (Å²) >= 11 is 5.95. The van der Waals surface area contributed by atoms with Crippen LogP contribution in [0.25, 0.3) is 0 Å². The van der Waals surface area contributed by atoms with E-state index in [0.717, 1.165) is 0 Å². The number of sulfonamides is 1. The molecule has 0 atom stereocenters. The predicted molar refractivity (Wildman–Crippen MR) is 63.8 cm³/mol. The van der Waals surface area contributed by atoms with Crippen molar-refractivity contribution in [2.45, 2.75) is 6.42 Å². The average molecular weight is 262 g/mol. The van der Waals surface area contributed by atoms with Crippen LogP contribution in [0.15, 0.2) is 18.2 Å². The second kappa shape index (κ2) is 4.14. The fourth-order valence-corrected chi connectivity index (χ4v) is 3.55. The Bertz CT molecular complexity index is 501. The minimum Gasteiger partial charge on any atom is -0.495 e. The van der Waals surface area contributed by atoms with Crippen LogP contribution in [0.3, 0.4) is 0 Å². The number of halogens is 1. The lowest BCUT2D eigenvalue weighted by molar-refractivity contribution is 0.415. The Morgan fingerprint density at radius 2 is 2.19 bits per heavy atom. The van der Waals surface area contributed by atoms with Crippen LogP contribution in [0, 0.1) is 0 Å². The molecule has 0 amide bonds. The average Bonchev–Trinajstić information content (AvgIpc) is 2.58. The number of hydrogen-bond donors (Lipinski definition) is 0. The maximum absolute atomic E-state index is 11.7.